The van der Waals surface area contributed by atoms with Crippen LogP contribution in [0.5, 0.6) is 0 Å². The number of aromatic nitrogens is 4. The van der Waals surface area contributed by atoms with Gasteiger partial charge in [0, 0.05) is 0 Å². The highest BCUT2D eigenvalue weighted by molar-refractivity contribution is 5.91. The van der Waals surface area contributed by atoms with Crippen LogP contribution in [0.25, 0.3) is 5.82 Å². The maximum atomic E-state index is 12.7. The lowest BCUT2D eigenvalue weighted by molar-refractivity contribution is -0.141. The van der Waals surface area contributed by atoms with Gasteiger partial charge in [0.2, 0.25) is 0 Å². The Hall–Kier alpha value is -2.45. The number of rotatable bonds is 2. The minimum absolute atomic E-state index is 0.247. The number of pyridine rings is 1. The number of alkyl halides is 3. The first kappa shape index (κ1) is 14.0. The molecule has 0 aliphatic heterocycles. The third kappa shape index (κ3) is 2.46. The van der Waals surface area contributed by atoms with Gasteiger partial charge in [0.15, 0.2) is 5.82 Å². The van der Waals surface area contributed by atoms with Crippen molar-refractivity contribution in [1.29, 1.82) is 0 Å². The molecule has 106 valence electrons. The summed E-state index contributed by atoms with van der Waals surface area (Å²) in [6.45, 7) is 3.03. The maximum Gasteiger partial charge on any atom is 0.433 e. The van der Waals surface area contributed by atoms with Gasteiger partial charge in [0.05, 0.1) is 0 Å². The zero-order valence-electron chi connectivity index (χ0n) is 10.4. The van der Waals surface area contributed by atoms with Gasteiger partial charge in [-0.3, -0.25) is 0 Å². The molecular weight excluding hydrogens is 277 g/mol. The van der Waals surface area contributed by atoms with Crippen LogP contribution in [0.1, 0.15) is 27.7 Å². The van der Waals surface area contributed by atoms with Crippen molar-refractivity contribution in [3.05, 3.63) is 35.0 Å². The molecule has 20 heavy (non-hydrogen) atoms. The van der Waals surface area contributed by atoms with Crippen molar-refractivity contribution in [2.75, 3.05) is 0 Å². The summed E-state index contributed by atoms with van der Waals surface area (Å²) in [5.74, 6) is -1.26. The Balaban J connectivity index is 2.71. The second kappa shape index (κ2) is 4.58. The lowest BCUT2D eigenvalue weighted by atomic mass is 10.2. The number of aryl methyl sites for hydroxylation is 2. The van der Waals surface area contributed by atoms with E-state index in [-0.39, 0.29) is 11.4 Å². The monoisotopic (exact) mass is 286 g/mol. The van der Waals surface area contributed by atoms with Gasteiger partial charge in [-0.2, -0.15) is 17.9 Å². The van der Waals surface area contributed by atoms with E-state index >= 15 is 0 Å². The van der Waals surface area contributed by atoms with Gasteiger partial charge < -0.3 is 5.11 Å². The van der Waals surface area contributed by atoms with E-state index in [2.05, 4.69) is 15.1 Å². The maximum absolute atomic E-state index is 12.7. The highest BCUT2D eigenvalue weighted by Gasteiger charge is 2.34. The molecule has 0 aliphatic carbocycles. The van der Waals surface area contributed by atoms with Crippen molar-refractivity contribution in [2.45, 2.75) is 20.0 Å². The van der Waals surface area contributed by atoms with Crippen molar-refractivity contribution in [3.8, 4) is 5.82 Å². The zero-order valence-corrected chi connectivity index (χ0v) is 10.4. The van der Waals surface area contributed by atoms with Crippen LogP contribution in [0.4, 0.5) is 13.2 Å². The first-order valence-electron chi connectivity index (χ1n) is 5.42. The van der Waals surface area contributed by atoms with E-state index < -0.39 is 23.7 Å². The molecule has 0 atom stereocenters. The van der Waals surface area contributed by atoms with Crippen LogP contribution in [-0.4, -0.2) is 30.8 Å². The average Bonchev–Trinajstić information content (AvgIpc) is 2.66. The van der Waals surface area contributed by atoms with Crippen molar-refractivity contribution < 1.29 is 23.1 Å². The van der Waals surface area contributed by atoms with E-state index in [0.717, 1.165) is 10.7 Å². The lowest BCUT2D eigenvalue weighted by Crippen LogP contribution is -2.15. The molecule has 9 heteroatoms. The predicted octanol–water partition coefficient (Wildman–Crippen LogP) is 2.00. The third-order valence-corrected chi connectivity index (χ3v) is 2.47. The van der Waals surface area contributed by atoms with Crippen LogP contribution < -0.4 is 0 Å². The summed E-state index contributed by atoms with van der Waals surface area (Å²) < 4.78 is 39.0. The van der Waals surface area contributed by atoms with Gasteiger partial charge in [0.1, 0.15) is 22.9 Å². The first-order chi connectivity index (χ1) is 9.20. The molecule has 0 bridgehead atoms. The fourth-order valence-corrected chi connectivity index (χ4v) is 1.66. The molecule has 0 amide bonds. The molecule has 2 aromatic heterocycles. The molecule has 0 saturated carbocycles. The fourth-order valence-electron chi connectivity index (χ4n) is 1.66. The summed E-state index contributed by atoms with van der Waals surface area (Å²) in [6, 6.07) is 1.47. The molecular formula is C11H9F3N4O2. The molecule has 6 nitrogen and oxygen atoms in total. The molecule has 2 rings (SSSR count). The van der Waals surface area contributed by atoms with Gasteiger partial charge in [0.25, 0.3) is 0 Å². The van der Waals surface area contributed by atoms with Crippen LogP contribution in [0.15, 0.2) is 12.1 Å². The number of carbonyl (C=O) groups is 1. The van der Waals surface area contributed by atoms with Gasteiger partial charge in [-0.15, -0.1) is 5.10 Å². The number of nitrogens with zero attached hydrogens (tertiary/aromatic N) is 4. The normalized spacial score (nSPS) is 11.7. The van der Waals surface area contributed by atoms with Crippen LogP contribution >= 0.6 is 0 Å². The first-order valence-corrected chi connectivity index (χ1v) is 5.42. The molecule has 0 saturated heterocycles. The fraction of sp³-hybridized carbons (Fsp3) is 0.273. The molecule has 0 spiro atoms. The van der Waals surface area contributed by atoms with Gasteiger partial charge in [-0.25, -0.2) is 14.8 Å². The number of hydrogen-bond donors (Lipinski definition) is 1. The Morgan fingerprint density at radius 2 is 1.90 bits per heavy atom. The second-order valence-corrected chi connectivity index (χ2v) is 3.99. The quantitative estimate of drug-likeness (QED) is 0.913. The zero-order chi connectivity index (χ0) is 15.1. The summed E-state index contributed by atoms with van der Waals surface area (Å²) in [6.07, 6.45) is -4.67. The van der Waals surface area contributed by atoms with E-state index in [1.807, 2.05) is 0 Å². The van der Waals surface area contributed by atoms with Crippen LogP contribution in [-0.2, 0) is 6.18 Å². The number of carboxylic acid groups (broad SMARTS) is 1. The van der Waals surface area contributed by atoms with Gasteiger partial charge in [-0.1, -0.05) is 0 Å². The molecule has 0 fully saturated rings. The summed E-state index contributed by atoms with van der Waals surface area (Å²) in [5, 5.41) is 12.9. The highest BCUT2D eigenvalue weighted by atomic mass is 19.4. The Morgan fingerprint density at radius 1 is 1.25 bits per heavy atom. The smallest absolute Gasteiger partial charge is 0.433 e. The molecule has 2 heterocycles. The van der Waals surface area contributed by atoms with E-state index in [4.69, 9.17) is 5.11 Å². The Kier molecular flexibility index (Phi) is 3.20. The molecule has 0 unspecified atom stereocenters. The molecule has 2 aromatic rings. The largest absolute Gasteiger partial charge is 0.478 e. The van der Waals surface area contributed by atoms with E-state index in [1.54, 1.807) is 0 Å². The second-order valence-electron chi connectivity index (χ2n) is 3.99. The lowest BCUT2D eigenvalue weighted by Gasteiger charge is -2.10. The Bertz CT molecular complexity index is 679. The molecule has 1 N–H and O–H groups in total. The third-order valence-electron chi connectivity index (χ3n) is 2.47. The summed E-state index contributed by atoms with van der Waals surface area (Å²) in [5.41, 5.74) is -1.57. The van der Waals surface area contributed by atoms with Crippen molar-refractivity contribution in [1.82, 2.24) is 19.7 Å². The minimum atomic E-state index is -4.67. The summed E-state index contributed by atoms with van der Waals surface area (Å²) in [4.78, 5) is 18.4. The Labute approximate surface area is 110 Å². The number of carboxylic acids is 1. The topological polar surface area (TPSA) is 80.9 Å². The van der Waals surface area contributed by atoms with Crippen molar-refractivity contribution in [2.24, 2.45) is 0 Å². The minimum Gasteiger partial charge on any atom is -0.478 e. The molecule has 0 radical (unpaired) electrons. The van der Waals surface area contributed by atoms with Gasteiger partial charge in [-0.05, 0) is 26.0 Å². The number of halogens is 3. The molecule has 0 aromatic carbocycles. The van der Waals surface area contributed by atoms with E-state index in [1.165, 1.54) is 13.8 Å². The number of hydrogen-bond acceptors (Lipinski definition) is 4. The van der Waals surface area contributed by atoms with E-state index in [9.17, 15) is 18.0 Å². The van der Waals surface area contributed by atoms with Crippen LogP contribution in [0, 0.1) is 13.8 Å². The summed E-state index contributed by atoms with van der Waals surface area (Å²) >= 11 is 0. The highest BCUT2D eigenvalue weighted by Crippen LogP contribution is 2.29. The predicted molar refractivity (Wildman–Crippen MR) is 60.6 cm³/mol. The van der Waals surface area contributed by atoms with Crippen LogP contribution in [0.2, 0.25) is 0 Å². The van der Waals surface area contributed by atoms with Crippen molar-refractivity contribution >= 4 is 5.97 Å². The van der Waals surface area contributed by atoms with E-state index in [0.29, 0.717) is 11.9 Å². The Morgan fingerprint density at radius 3 is 2.35 bits per heavy atom. The standard InChI is InChI=1S/C11H9F3N4O2/c1-5-15-6(2)18(17-5)9-7(10(19)20)3-4-8(16-9)11(12,13)14/h3-4H,1-2H3,(H,19,20). The molecule has 0 aliphatic rings. The summed E-state index contributed by atoms with van der Waals surface area (Å²) in [7, 11) is 0. The van der Waals surface area contributed by atoms with Crippen molar-refractivity contribution in [3.63, 3.8) is 0 Å². The van der Waals surface area contributed by atoms with Gasteiger partial charge >= 0.3 is 12.1 Å². The number of aromatic carboxylic acids is 1. The SMILES string of the molecule is Cc1nc(C)n(-c2nc(C(F)(F)F)ccc2C(=O)O)n1. The van der Waals surface area contributed by atoms with Crippen LogP contribution in [0.3, 0.4) is 0 Å². The average molecular weight is 286 g/mol.